The van der Waals surface area contributed by atoms with E-state index in [1.54, 1.807) is 0 Å². The van der Waals surface area contributed by atoms with Gasteiger partial charge in [0.25, 0.3) is 0 Å². The van der Waals surface area contributed by atoms with Gasteiger partial charge in [-0.15, -0.1) is 0 Å². The van der Waals surface area contributed by atoms with Crippen LogP contribution in [0.15, 0.2) is 30.3 Å². The summed E-state index contributed by atoms with van der Waals surface area (Å²) in [6, 6.07) is 11.2. The predicted octanol–water partition coefficient (Wildman–Crippen LogP) is 4.72. The van der Waals surface area contributed by atoms with E-state index in [9.17, 15) is 0 Å². The monoisotopic (exact) mass is 284 g/mol. The van der Waals surface area contributed by atoms with Crippen molar-refractivity contribution in [2.45, 2.75) is 65.1 Å². The van der Waals surface area contributed by atoms with Crippen molar-refractivity contribution >= 4 is 10.9 Å². The Bertz CT molecular complexity index is 598. The summed E-state index contributed by atoms with van der Waals surface area (Å²) in [7, 11) is 0. The van der Waals surface area contributed by atoms with Crippen LogP contribution < -0.4 is 5.32 Å². The SMILES string of the molecule is CC(C)(C)NCc1cc2ccccc2n1CC1CCCC1. The van der Waals surface area contributed by atoms with Crippen molar-refractivity contribution in [3.63, 3.8) is 0 Å². The predicted molar refractivity (Wildman–Crippen MR) is 90.5 cm³/mol. The smallest absolute Gasteiger partial charge is 0.0483 e. The molecule has 3 rings (SSSR count). The number of para-hydroxylation sites is 1. The second kappa shape index (κ2) is 5.84. The number of rotatable bonds is 4. The third-order valence-corrected chi connectivity index (χ3v) is 4.61. The highest BCUT2D eigenvalue weighted by Crippen LogP contribution is 2.29. The molecule has 0 radical (unpaired) electrons. The summed E-state index contributed by atoms with van der Waals surface area (Å²) in [6.45, 7) is 8.84. The van der Waals surface area contributed by atoms with Crippen LogP contribution in [0.25, 0.3) is 10.9 Å². The van der Waals surface area contributed by atoms with Gasteiger partial charge < -0.3 is 9.88 Å². The summed E-state index contributed by atoms with van der Waals surface area (Å²) in [6.07, 6.45) is 5.64. The second-order valence-electron chi connectivity index (χ2n) is 7.56. The van der Waals surface area contributed by atoms with Gasteiger partial charge in [-0.05, 0) is 57.0 Å². The Morgan fingerprint density at radius 3 is 2.57 bits per heavy atom. The third kappa shape index (κ3) is 3.49. The lowest BCUT2D eigenvalue weighted by Gasteiger charge is -2.22. The molecular weight excluding hydrogens is 256 g/mol. The molecule has 0 aliphatic heterocycles. The van der Waals surface area contributed by atoms with Gasteiger partial charge in [0.05, 0.1) is 0 Å². The molecule has 2 aromatic rings. The van der Waals surface area contributed by atoms with E-state index >= 15 is 0 Å². The molecule has 21 heavy (non-hydrogen) atoms. The minimum atomic E-state index is 0.161. The van der Waals surface area contributed by atoms with Crippen molar-refractivity contribution in [3.8, 4) is 0 Å². The van der Waals surface area contributed by atoms with Gasteiger partial charge in [0.1, 0.15) is 0 Å². The summed E-state index contributed by atoms with van der Waals surface area (Å²) in [5.41, 5.74) is 2.99. The molecule has 1 aromatic carbocycles. The first-order chi connectivity index (χ1) is 10.0. The van der Waals surface area contributed by atoms with Gasteiger partial charge in [-0.25, -0.2) is 0 Å². The Labute approximate surface area is 128 Å². The molecule has 1 heterocycles. The summed E-state index contributed by atoms with van der Waals surface area (Å²) in [5, 5.41) is 5.02. The summed E-state index contributed by atoms with van der Waals surface area (Å²) < 4.78 is 2.56. The van der Waals surface area contributed by atoms with E-state index in [1.807, 2.05) is 0 Å². The van der Waals surface area contributed by atoms with E-state index in [4.69, 9.17) is 0 Å². The molecule has 1 N–H and O–H groups in total. The summed E-state index contributed by atoms with van der Waals surface area (Å²) in [4.78, 5) is 0. The topological polar surface area (TPSA) is 17.0 Å². The number of hydrogen-bond acceptors (Lipinski definition) is 1. The highest BCUT2D eigenvalue weighted by molar-refractivity contribution is 5.81. The van der Waals surface area contributed by atoms with Crippen LogP contribution in [0.5, 0.6) is 0 Å². The minimum Gasteiger partial charge on any atom is -0.343 e. The lowest BCUT2D eigenvalue weighted by atomic mass is 10.1. The molecule has 114 valence electrons. The maximum Gasteiger partial charge on any atom is 0.0483 e. The van der Waals surface area contributed by atoms with Gasteiger partial charge >= 0.3 is 0 Å². The Kier molecular flexibility index (Phi) is 4.08. The van der Waals surface area contributed by atoms with Crippen LogP contribution in [-0.4, -0.2) is 10.1 Å². The number of benzene rings is 1. The Morgan fingerprint density at radius 1 is 1.14 bits per heavy atom. The third-order valence-electron chi connectivity index (χ3n) is 4.61. The van der Waals surface area contributed by atoms with Gasteiger partial charge in [0.15, 0.2) is 0 Å². The van der Waals surface area contributed by atoms with E-state index in [0.29, 0.717) is 0 Å². The van der Waals surface area contributed by atoms with E-state index in [0.717, 1.165) is 12.5 Å². The van der Waals surface area contributed by atoms with E-state index in [-0.39, 0.29) is 5.54 Å². The van der Waals surface area contributed by atoms with Gasteiger partial charge in [-0.3, -0.25) is 0 Å². The van der Waals surface area contributed by atoms with Crippen molar-refractivity contribution in [2.24, 2.45) is 5.92 Å². The number of nitrogens with one attached hydrogen (secondary N) is 1. The van der Waals surface area contributed by atoms with Gasteiger partial charge in [-0.1, -0.05) is 31.0 Å². The average Bonchev–Trinajstić information content (AvgIpc) is 3.05. The first kappa shape index (κ1) is 14.6. The Morgan fingerprint density at radius 2 is 1.86 bits per heavy atom. The Hall–Kier alpha value is -1.28. The van der Waals surface area contributed by atoms with Gasteiger partial charge in [0.2, 0.25) is 0 Å². The maximum absolute atomic E-state index is 3.64. The Balaban J connectivity index is 1.89. The van der Waals surface area contributed by atoms with Crippen molar-refractivity contribution in [1.29, 1.82) is 0 Å². The lowest BCUT2D eigenvalue weighted by Crippen LogP contribution is -2.35. The second-order valence-corrected chi connectivity index (χ2v) is 7.56. The molecule has 1 aliphatic carbocycles. The first-order valence-corrected chi connectivity index (χ1v) is 8.35. The first-order valence-electron chi connectivity index (χ1n) is 8.35. The molecule has 1 aromatic heterocycles. The van der Waals surface area contributed by atoms with Crippen LogP contribution in [0.2, 0.25) is 0 Å². The largest absolute Gasteiger partial charge is 0.343 e. The zero-order valence-corrected chi connectivity index (χ0v) is 13.7. The lowest BCUT2D eigenvalue weighted by molar-refractivity contribution is 0.404. The van der Waals surface area contributed by atoms with E-state index in [1.165, 1.54) is 48.8 Å². The van der Waals surface area contributed by atoms with Crippen LogP contribution in [0, 0.1) is 5.92 Å². The average molecular weight is 284 g/mol. The van der Waals surface area contributed by atoms with E-state index in [2.05, 4.69) is 61.0 Å². The minimum absolute atomic E-state index is 0.161. The molecule has 0 unspecified atom stereocenters. The number of hydrogen-bond donors (Lipinski definition) is 1. The van der Waals surface area contributed by atoms with Crippen LogP contribution in [-0.2, 0) is 13.1 Å². The normalized spacial score (nSPS) is 16.9. The van der Waals surface area contributed by atoms with Crippen molar-refractivity contribution in [2.75, 3.05) is 0 Å². The molecule has 2 heteroatoms. The highest BCUT2D eigenvalue weighted by atomic mass is 15.0. The standard InChI is InChI=1S/C19H28N2/c1-19(2,3)20-13-17-12-16-10-6-7-11-18(16)21(17)14-15-8-4-5-9-15/h6-7,10-12,15,20H,4-5,8-9,13-14H2,1-3H3. The molecule has 0 atom stereocenters. The van der Waals surface area contributed by atoms with E-state index < -0.39 is 0 Å². The number of nitrogens with zero attached hydrogens (tertiary/aromatic N) is 1. The summed E-state index contributed by atoms with van der Waals surface area (Å²) >= 11 is 0. The van der Waals surface area contributed by atoms with Crippen LogP contribution in [0.1, 0.15) is 52.1 Å². The fourth-order valence-electron chi connectivity index (χ4n) is 3.44. The molecule has 0 amide bonds. The van der Waals surface area contributed by atoms with Gasteiger partial charge in [-0.2, -0.15) is 0 Å². The molecule has 1 saturated carbocycles. The van der Waals surface area contributed by atoms with Crippen LogP contribution >= 0.6 is 0 Å². The molecule has 2 nitrogen and oxygen atoms in total. The maximum atomic E-state index is 3.64. The molecular formula is C19H28N2. The van der Waals surface area contributed by atoms with Crippen molar-refractivity contribution < 1.29 is 0 Å². The summed E-state index contributed by atoms with van der Waals surface area (Å²) in [5.74, 6) is 0.870. The number of fused-ring (bicyclic) bond motifs is 1. The molecule has 0 saturated heterocycles. The van der Waals surface area contributed by atoms with Gasteiger partial charge in [0, 0.05) is 29.8 Å². The fraction of sp³-hybridized carbons (Fsp3) is 0.579. The fourth-order valence-corrected chi connectivity index (χ4v) is 3.44. The number of aromatic nitrogens is 1. The van der Waals surface area contributed by atoms with Crippen LogP contribution in [0.4, 0.5) is 0 Å². The van der Waals surface area contributed by atoms with Crippen molar-refractivity contribution in [1.82, 2.24) is 9.88 Å². The molecule has 0 bridgehead atoms. The zero-order valence-electron chi connectivity index (χ0n) is 13.7. The van der Waals surface area contributed by atoms with Crippen LogP contribution in [0.3, 0.4) is 0 Å². The zero-order chi connectivity index (χ0) is 14.9. The van der Waals surface area contributed by atoms with Crippen molar-refractivity contribution in [3.05, 3.63) is 36.0 Å². The highest BCUT2D eigenvalue weighted by Gasteiger charge is 2.19. The molecule has 1 aliphatic rings. The molecule has 0 spiro atoms. The quantitative estimate of drug-likeness (QED) is 0.859. The molecule has 1 fully saturated rings.